The molecule has 3 aromatic rings. The fourth-order valence-corrected chi connectivity index (χ4v) is 4.02. The summed E-state index contributed by atoms with van der Waals surface area (Å²) >= 11 is 0. The van der Waals surface area contributed by atoms with Crippen molar-refractivity contribution in [2.75, 3.05) is 18.6 Å². The molecule has 0 spiro atoms. The molecule has 1 aliphatic heterocycles. The second kappa shape index (κ2) is 7.82. The number of nitrogens with zero attached hydrogens (tertiary/aromatic N) is 3. The highest BCUT2D eigenvalue weighted by molar-refractivity contribution is 5.54. The molecule has 2 aromatic carbocycles. The van der Waals surface area contributed by atoms with Crippen molar-refractivity contribution in [3.8, 4) is 5.75 Å². The average Bonchev–Trinajstić information content (AvgIpc) is 2.72. The first-order valence-electron chi connectivity index (χ1n) is 9.98. The summed E-state index contributed by atoms with van der Waals surface area (Å²) in [7, 11) is 1.70. The van der Waals surface area contributed by atoms with Crippen molar-refractivity contribution in [3.63, 3.8) is 0 Å². The van der Waals surface area contributed by atoms with Crippen LogP contribution < -0.4 is 9.64 Å². The van der Waals surface area contributed by atoms with Gasteiger partial charge in [-0.3, -0.25) is 0 Å². The molecule has 1 atom stereocenters. The van der Waals surface area contributed by atoms with Crippen LogP contribution in [-0.4, -0.2) is 23.6 Å². The van der Waals surface area contributed by atoms with E-state index in [0.29, 0.717) is 6.42 Å². The van der Waals surface area contributed by atoms with Gasteiger partial charge in [-0.25, -0.2) is 14.4 Å². The Morgan fingerprint density at radius 3 is 2.59 bits per heavy atom. The van der Waals surface area contributed by atoms with Gasteiger partial charge in [0.05, 0.1) is 13.2 Å². The Morgan fingerprint density at radius 2 is 1.86 bits per heavy atom. The summed E-state index contributed by atoms with van der Waals surface area (Å²) in [5, 5.41) is 0. The summed E-state index contributed by atoms with van der Waals surface area (Å²) in [6.07, 6.45) is 1.56. The van der Waals surface area contributed by atoms with E-state index in [1.807, 2.05) is 13.0 Å². The van der Waals surface area contributed by atoms with Crippen LogP contribution in [0.4, 0.5) is 10.2 Å². The molecule has 0 saturated heterocycles. The maximum Gasteiger partial charge on any atom is 0.136 e. The van der Waals surface area contributed by atoms with Crippen LogP contribution in [-0.2, 0) is 12.8 Å². The minimum Gasteiger partial charge on any atom is -0.497 e. The fourth-order valence-electron chi connectivity index (χ4n) is 4.02. The lowest BCUT2D eigenvalue weighted by atomic mass is 9.93. The third-order valence-corrected chi connectivity index (χ3v) is 5.85. The van der Waals surface area contributed by atoms with Gasteiger partial charge in [0, 0.05) is 24.2 Å². The Hall–Kier alpha value is -2.95. The number of hydrogen-bond acceptors (Lipinski definition) is 4. The molecule has 1 unspecified atom stereocenters. The number of methoxy groups -OCH3 is 1. The zero-order valence-electron chi connectivity index (χ0n) is 17.4. The van der Waals surface area contributed by atoms with Gasteiger partial charge in [-0.2, -0.15) is 0 Å². The molecule has 0 aliphatic carbocycles. The van der Waals surface area contributed by atoms with Crippen molar-refractivity contribution in [2.24, 2.45) is 0 Å². The third kappa shape index (κ3) is 3.82. The van der Waals surface area contributed by atoms with Crippen LogP contribution in [0.3, 0.4) is 0 Å². The highest BCUT2D eigenvalue weighted by Crippen LogP contribution is 2.36. The van der Waals surface area contributed by atoms with Crippen LogP contribution in [0.1, 0.15) is 46.7 Å². The molecule has 0 radical (unpaired) electrons. The first-order valence-corrected chi connectivity index (χ1v) is 9.98. The summed E-state index contributed by atoms with van der Waals surface area (Å²) in [5.41, 5.74) is 5.74. The Labute approximate surface area is 171 Å². The topological polar surface area (TPSA) is 38.2 Å². The van der Waals surface area contributed by atoms with E-state index in [4.69, 9.17) is 14.7 Å². The molecule has 0 amide bonds. The van der Waals surface area contributed by atoms with Crippen molar-refractivity contribution in [1.29, 1.82) is 0 Å². The molecular formula is C24H26FN3O. The van der Waals surface area contributed by atoms with E-state index in [0.717, 1.165) is 47.2 Å². The maximum atomic E-state index is 13.2. The minimum absolute atomic E-state index is 0.195. The van der Waals surface area contributed by atoms with Crippen LogP contribution in [0.25, 0.3) is 0 Å². The fraction of sp³-hybridized carbons (Fsp3) is 0.333. The van der Waals surface area contributed by atoms with Crippen LogP contribution in [0.5, 0.6) is 5.75 Å². The molecule has 5 heteroatoms. The van der Waals surface area contributed by atoms with Gasteiger partial charge < -0.3 is 9.64 Å². The monoisotopic (exact) mass is 391 g/mol. The lowest BCUT2D eigenvalue weighted by Crippen LogP contribution is -2.35. The van der Waals surface area contributed by atoms with Crippen molar-refractivity contribution in [2.45, 2.75) is 39.7 Å². The molecule has 4 nitrogen and oxygen atoms in total. The molecule has 0 fully saturated rings. The zero-order valence-corrected chi connectivity index (χ0v) is 17.4. The van der Waals surface area contributed by atoms with E-state index in [-0.39, 0.29) is 11.9 Å². The van der Waals surface area contributed by atoms with E-state index in [1.54, 1.807) is 19.2 Å². The molecule has 4 rings (SSSR count). The van der Waals surface area contributed by atoms with Crippen LogP contribution in [0.15, 0.2) is 42.5 Å². The van der Waals surface area contributed by atoms with E-state index in [2.05, 4.69) is 30.9 Å². The highest BCUT2D eigenvalue weighted by Gasteiger charge is 2.27. The molecule has 0 bridgehead atoms. The summed E-state index contributed by atoms with van der Waals surface area (Å²) in [6, 6.07) is 13.1. The zero-order chi connectivity index (χ0) is 20.5. The van der Waals surface area contributed by atoms with Crippen LogP contribution >= 0.6 is 0 Å². The number of rotatable bonds is 4. The Bertz CT molecular complexity index is 1030. The van der Waals surface area contributed by atoms with E-state index in [9.17, 15) is 4.39 Å². The lowest BCUT2D eigenvalue weighted by molar-refractivity contribution is 0.413. The normalized spacial score (nSPS) is 15.9. The van der Waals surface area contributed by atoms with Crippen LogP contribution in [0, 0.1) is 19.7 Å². The third-order valence-electron chi connectivity index (χ3n) is 5.85. The molecule has 29 heavy (non-hydrogen) atoms. The van der Waals surface area contributed by atoms with Gasteiger partial charge in [0.2, 0.25) is 0 Å². The SMILES string of the molecule is COc1ccc2c(c1)C(C)N(c1nc(Cc3ccc(F)cc3)nc(C)c1C)CC2. The molecular weight excluding hydrogens is 365 g/mol. The largest absolute Gasteiger partial charge is 0.497 e. The first-order chi connectivity index (χ1) is 14.0. The lowest BCUT2D eigenvalue weighted by Gasteiger charge is -2.37. The number of aromatic nitrogens is 2. The van der Waals surface area contributed by atoms with E-state index < -0.39 is 0 Å². The molecule has 1 aromatic heterocycles. The highest BCUT2D eigenvalue weighted by atomic mass is 19.1. The second-order valence-corrected chi connectivity index (χ2v) is 7.66. The predicted molar refractivity (Wildman–Crippen MR) is 113 cm³/mol. The summed E-state index contributed by atoms with van der Waals surface area (Å²) in [4.78, 5) is 12.0. The van der Waals surface area contributed by atoms with Crippen molar-refractivity contribution < 1.29 is 9.13 Å². The second-order valence-electron chi connectivity index (χ2n) is 7.66. The molecule has 1 aliphatic rings. The van der Waals surface area contributed by atoms with E-state index >= 15 is 0 Å². The minimum atomic E-state index is -0.230. The van der Waals surface area contributed by atoms with Crippen LogP contribution in [0.2, 0.25) is 0 Å². The first kappa shape index (κ1) is 19.4. The van der Waals surface area contributed by atoms with Gasteiger partial charge in [-0.1, -0.05) is 18.2 Å². The maximum absolute atomic E-state index is 13.2. The van der Waals surface area contributed by atoms with Gasteiger partial charge in [-0.15, -0.1) is 0 Å². The van der Waals surface area contributed by atoms with Crippen molar-refractivity contribution in [1.82, 2.24) is 9.97 Å². The molecule has 2 heterocycles. The average molecular weight is 391 g/mol. The van der Waals surface area contributed by atoms with Gasteiger partial charge in [-0.05, 0) is 68.1 Å². The quantitative estimate of drug-likeness (QED) is 0.630. The van der Waals surface area contributed by atoms with Gasteiger partial charge in [0.25, 0.3) is 0 Å². The Kier molecular flexibility index (Phi) is 5.22. The Morgan fingerprint density at radius 1 is 1.10 bits per heavy atom. The summed E-state index contributed by atoms with van der Waals surface area (Å²) in [6.45, 7) is 7.24. The number of aryl methyl sites for hydroxylation is 1. The number of anilines is 1. The smallest absolute Gasteiger partial charge is 0.136 e. The Balaban J connectivity index is 1.68. The van der Waals surface area contributed by atoms with Crippen molar-refractivity contribution in [3.05, 3.63) is 82.1 Å². The van der Waals surface area contributed by atoms with Crippen molar-refractivity contribution >= 4 is 5.82 Å². The number of halogens is 1. The number of hydrogen-bond donors (Lipinski definition) is 0. The molecule has 150 valence electrons. The number of fused-ring (bicyclic) bond motifs is 1. The molecule has 0 N–H and O–H groups in total. The molecule has 0 saturated carbocycles. The van der Waals surface area contributed by atoms with Gasteiger partial charge in [0.1, 0.15) is 23.2 Å². The standard InChI is InChI=1S/C24H26FN3O/c1-15-16(2)26-23(13-18-5-8-20(25)9-6-18)27-24(15)28-12-11-19-7-10-21(29-4)14-22(19)17(28)3/h5-10,14,17H,11-13H2,1-4H3. The van der Waals surface area contributed by atoms with Gasteiger partial charge >= 0.3 is 0 Å². The van der Waals surface area contributed by atoms with E-state index in [1.165, 1.54) is 23.3 Å². The summed E-state index contributed by atoms with van der Waals surface area (Å²) < 4.78 is 18.7. The van der Waals surface area contributed by atoms with Gasteiger partial charge in [0.15, 0.2) is 0 Å². The summed E-state index contributed by atoms with van der Waals surface area (Å²) in [5.74, 6) is 2.39. The number of ether oxygens (including phenoxy) is 1. The number of benzene rings is 2. The predicted octanol–water partition coefficient (Wildman–Crippen LogP) is 4.96.